The number of pyridine rings is 2. The number of hydrogen-bond acceptors (Lipinski definition) is 4. The van der Waals surface area contributed by atoms with Crippen molar-refractivity contribution in [2.24, 2.45) is 0 Å². The van der Waals surface area contributed by atoms with Crippen LogP contribution in [0.5, 0.6) is 0 Å². The fourth-order valence-corrected chi connectivity index (χ4v) is 3.79. The lowest BCUT2D eigenvalue weighted by molar-refractivity contribution is 0.576. The third kappa shape index (κ3) is 2.50. The van der Waals surface area contributed by atoms with Crippen LogP contribution in [-0.2, 0) is 10.0 Å². The number of aryl methyl sites for hydroxylation is 1. The Hall–Kier alpha value is -2.61. The molecule has 8 heteroatoms. The van der Waals surface area contributed by atoms with Crippen LogP contribution in [0.4, 0.5) is 8.78 Å². The zero-order valence-corrected chi connectivity index (χ0v) is 12.8. The molecule has 0 aliphatic heterocycles. The molecule has 5 nitrogen and oxygen atoms in total. The van der Waals surface area contributed by atoms with Crippen LogP contribution in [0.25, 0.3) is 11.3 Å². The summed E-state index contributed by atoms with van der Waals surface area (Å²) >= 11 is 0. The third-order valence-electron chi connectivity index (χ3n) is 3.31. The van der Waals surface area contributed by atoms with Gasteiger partial charge < -0.3 is 0 Å². The summed E-state index contributed by atoms with van der Waals surface area (Å²) in [4.78, 5) is 7.28. The van der Waals surface area contributed by atoms with Crippen LogP contribution in [0, 0.1) is 18.7 Å². The van der Waals surface area contributed by atoms with Gasteiger partial charge in [-0.25, -0.2) is 21.8 Å². The van der Waals surface area contributed by atoms with Gasteiger partial charge in [-0.05, 0) is 37.3 Å². The average molecular weight is 335 g/mol. The fraction of sp³-hybridized carbons (Fsp3) is 0.0667. The zero-order valence-electron chi connectivity index (χ0n) is 11.9. The Labute approximate surface area is 131 Å². The van der Waals surface area contributed by atoms with E-state index >= 15 is 0 Å². The van der Waals surface area contributed by atoms with Crippen LogP contribution in [-0.4, -0.2) is 22.4 Å². The average Bonchev–Trinajstić information content (AvgIpc) is 2.90. The highest BCUT2D eigenvalue weighted by Crippen LogP contribution is 2.29. The van der Waals surface area contributed by atoms with Gasteiger partial charge in [0.25, 0.3) is 10.0 Å². The largest absolute Gasteiger partial charge is 0.270 e. The van der Waals surface area contributed by atoms with E-state index in [9.17, 15) is 17.2 Å². The van der Waals surface area contributed by atoms with E-state index in [2.05, 4.69) is 9.97 Å². The molecule has 0 atom stereocenters. The SMILES string of the molecule is Cc1ncccc1S(=O)(=O)n1ccc(F)c1-c1cccnc1F. The van der Waals surface area contributed by atoms with Gasteiger partial charge in [-0.15, -0.1) is 0 Å². The van der Waals surface area contributed by atoms with E-state index in [0.717, 1.165) is 12.3 Å². The molecule has 0 amide bonds. The molecular weight excluding hydrogens is 324 g/mol. The highest BCUT2D eigenvalue weighted by molar-refractivity contribution is 7.90. The first-order valence-electron chi connectivity index (χ1n) is 6.58. The van der Waals surface area contributed by atoms with Gasteiger partial charge in [-0.3, -0.25) is 4.98 Å². The summed E-state index contributed by atoms with van der Waals surface area (Å²) in [6, 6.07) is 6.45. The summed E-state index contributed by atoms with van der Waals surface area (Å²) in [5.41, 5.74) is -0.377. The van der Waals surface area contributed by atoms with Gasteiger partial charge in [-0.1, -0.05) is 0 Å². The van der Waals surface area contributed by atoms with Gasteiger partial charge in [-0.2, -0.15) is 4.39 Å². The van der Waals surface area contributed by atoms with E-state index < -0.39 is 27.5 Å². The number of nitrogens with zero attached hydrogens (tertiary/aromatic N) is 3. The number of rotatable bonds is 3. The molecule has 0 saturated heterocycles. The van der Waals surface area contributed by atoms with Gasteiger partial charge >= 0.3 is 0 Å². The van der Waals surface area contributed by atoms with E-state index in [0.29, 0.717) is 3.97 Å². The standard InChI is InChI=1S/C15H11F2N3O2S/c1-10-13(5-3-7-18-10)23(21,22)20-9-6-12(16)14(20)11-4-2-8-19-15(11)17/h2-9H,1H3. The van der Waals surface area contributed by atoms with Crippen LogP contribution in [0.15, 0.2) is 53.8 Å². The van der Waals surface area contributed by atoms with Gasteiger partial charge in [0.1, 0.15) is 16.4 Å². The quantitative estimate of drug-likeness (QED) is 0.691. The van der Waals surface area contributed by atoms with Crippen LogP contribution < -0.4 is 0 Å². The molecule has 0 aliphatic rings. The number of halogens is 2. The Balaban J connectivity index is 2.28. The lowest BCUT2D eigenvalue weighted by atomic mass is 10.2. The molecule has 118 valence electrons. The smallest absolute Gasteiger partial charge is 0.260 e. The summed E-state index contributed by atoms with van der Waals surface area (Å²) in [6.45, 7) is 1.52. The van der Waals surface area contributed by atoms with Crippen molar-refractivity contribution in [1.29, 1.82) is 0 Å². The molecule has 3 rings (SSSR count). The minimum atomic E-state index is -4.12. The molecule has 0 aromatic carbocycles. The van der Waals surface area contributed by atoms with Crippen molar-refractivity contribution < 1.29 is 17.2 Å². The molecule has 3 heterocycles. The van der Waals surface area contributed by atoms with Crippen molar-refractivity contribution in [3.8, 4) is 11.3 Å². The zero-order chi connectivity index (χ0) is 16.6. The first kappa shape index (κ1) is 15.3. The summed E-state index contributed by atoms with van der Waals surface area (Å²) in [5, 5.41) is 0. The first-order valence-corrected chi connectivity index (χ1v) is 8.02. The molecule has 0 N–H and O–H groups in total. The molecule has 23 heavy (non-hydrogen) atoms. The maximum absolute atomic E-state index is 14.1. The second-order valence-electron chi connectivity index (χ2n) is 4.74. The van der Waals surface area contributed by atoms with Gasteiger partial charge in [0.05, 0.1) is 11.3 Å². The minimum Gasteiger partial charge on any atom is -0.260 e. The molecule has 3 aromatic rings. The number of aromatic nitrogens is 3. The van der Waals surface area contributed by atoms with E-state index in [1.54, 1.807) is 0 Å². The number of hydrogen-bond donors (Lipinski definition) is 0. The van der Waals surface area contributed by atoms with Crippen molar-refractivity contribution in [3.05, 3.63) is 66.4 Å². The summed E-state index contributed by atoms with van der Waals surface area (Å²) < 4.78 is 54.3. The van der Waals surface area contributed by atoms with Crippen LogP contribution in [0.3, 0.4) is 0 Å². The lowest BCUT2D eigenvalue weighted by Gasteiger charge is -2.12. The van der Waals surface area contributed by atoms with Crippen LogP contribution in [0.2, 0.25) is 0 Å². The molecule has 0 spiro atoms. The molecule has 0 saturated carbocycles. The van der Waals surface area contributed by atoms with Crippen molar-refractivity contribution in [2.45, 2.75) is 11.8 Å². The Morgan fingerprint density at radius 1 is 1.04 bits per heavy atom. The van der Waals surface area contributed by atoms with Gasteiger partial charge in [0.15, 0.2) is 0 Å². The van der Waals surface area contributed by atoms with Crippen LogP contribution >= 0.6 is 0 Å². The molecule has 0 bridgehead atoms. The Morgan fingerprint density at radius 2 is 1.74 bits per heavy atom. The van der Waals surface area contributed by atoms with E-state index in [4.69, 9.17) is 0 Å². The van der Waals surface area contributed by atoms with E-state index in [-0.39, 0.29) is 16.2 Å². The molecule has 0 radical (unpaired) electrons. The Morgan fingerprint density at radius 3 is 2.43 bits per heavy atom. The topological polar surface area (TPSA) is 64.8 Å². The third-order valence-corrected chi connectivity index (χ3v) is 5.12. The second kappa shape index (κ2) is 5.54. The molecule has 0 unspecified atom stereocenters. The van der Waals surface area contributed by atoms with Crippen molar-refractivity contribution in [3.63, 3.8) is 0 Å². The van der Waals surface area contributed by atoms with Crippen molar-refractivity contribution >= 4 is 10.0 Å². The highest BCUT2D eigenvalue weighted by atomic mass is 32.2. The van der Waals surface area contributed by atoms with E-state index in [1.165, 1.54) is 43.6 Å². The predicted molar refractivity (Wildman–Crippen MR) is 79.1 cm³/mol. The normalized spacial score (nSPS) is 11.6. The molecule has 0 aliphatic carbocycles. The Bertz CT molecular complexity index is 984. The monoisotopic (exact) mass is 335 g/mol. The fourth-order valence-electron chi connectivity index (χ4n) is 2.25. The second-order valence-corrected chi connectivity index (χ2v) is 6.53. The maximum atomic E-state index is 14.1. The minimum absolute atomic E-state index is 0.0823. The van der Waals surface area contributed by atoms with Crippen LogP contribution in [0.1, 0.15) is 5.69 Å². The molecular formula is C15H11F2N3O2S. The van der Waals surface area contributed by atoms with E-state index in [1.807, 2.05) is 0 Å². The van der Waals surface area contributed by atoms with Gasteiger partial charge in [0, 0.05) is 18.6 Å². The van der Waals surface area contributed by atoms with Crippen molar-refractivity contribution in [1.82, 2.24) is 13.9 Å². The maximum Gasteiger partial charge on any atom is 0.270 e. The lowest BCUT2D eigenvalue weighted by Crippen LogP contribution is -2.15. The summed E-state index contributed by atoms with van der Waals surface area (Å²) in [6.07, 6.45) is 3.69. The summed E-state index contributed by atoms with van der Waals surface area (Å²) in [7, 11) is -4.12. The highest BCUT2D eigenvalue weighted by Gasteiger charge is 2.26. The predicted octanol–water partition coefficient (Wildman–Crippen LogP) is 2.77. The van der Waals surface area contributed by atoms with Crippen molar-refractivity contribution in [2.75, 3.05) is 0 Å². The molecule has 0 fully saturated rings. The Kier molecular flexibility index (Phi) is 3.69. The summed E-state index contributed by atoms with van der Waals surface area (Å²) in [5.74, 6) is -1.81. The molecule has 3 aromatic heterocycles. The van der Waals surface area contributed by atoms with Gasteiger partial charge in [0.2, 0.25) is 5.95 Å². The first-order chi connectivity index (χ1) is 10.9.